The Balaban J connectivity index is 1.15. The quantitative estimate of drug-likeness (QED) is 0.189. The van der Waals surface area contributed by atoms with Crippen molar-refractivity contribution >= 4 is 16.5 Å². The van der Waals surface area contributed by atoms with Crippen molar-refractivity contribution in [2.24, 2.45) is 0 Å². The molecule has 5 aromatic rings. The van der Waals surface area contributed by atoms with Gasteiger partial charge in [0.25, 0.3) is 0 Å². The molecule has 1 N–H and O–H groups in total. The van der Waals surface area contributed by atoms with E-state index < -0.39 is 0 Å². The summed E-state index contributed by atoms with van der Waals surface area (Å²) in [5.74, 6) is 1.89. The summed E-state index contributed by atoms with van der Waals surface area (Å²) in [6.07, 6.45) is 5.79. The summed E-state index contributed by atoms with van der Waals surface area (Å²) in [5, 5.41) is 6.21. The van der Waals surface area contributed by atoms with Gasteiger partial charge in [-0.25, -0.2) is 0 Å². The molecule has 0 saturated carbocycles. The Bertz CT molecular complexity index is 1670. The average Bonchev–Trinajstić information content (AvgIpc) is 3.09. The van der Waals surface area contributed by atoms with Gasteiger partial charge in [-0.05, 0) is 97.1 Å². The Kier molecular flexibility index (Phi) is 8.52. The van der Waals surface area contributed by atoms with Crippen molar-refractivity contribution < 1.29 is 9.47 Å². The summed E-state index contributed by atoms with van der Waals surface area (Å²) in [6, 6.07) is 42.0. The fourth-order valence-corrected chi connectivity index (χ4v) is 6.99. The standard InChI is InChI=1S/C40H42N2O2/c1-29(38-15-7-8-24-41-38)44-34-19-17-30(18-20-34)26-40-37-22-21-35(43-28-31-10-3-2-4-11-31)27-33(37)23-25-42(40)39-16-9-13-32-12-5-6-14-36(32)39/h2-6,9-14,16-22,27,29,38,40-41H,7-8,15,23-26,28H2,1H3. The lowest BCUT2D eigenvalue weighted by Crippen LogP contribution is -2.44. The molecule has 0 amide bonds. The first-order valence-corrected chi connectivity index (χ1v) is 16.2. The van der Waals surface area contributed by atoms with E-state index in [4.69, 9.17) is 9.47 Å². The van der Waals surface area contributed by atoms with Crippen LogP contribution in [0.15, 0.2) is 115 Å². The third kappa shape index (κ3) is 6.32. The first-order valence-electron chi connectivity index (χ1n) is 16.2. The predicted molar refractivity (Wildman–Crippen MR) is 181 cm³/mol. The van der Waals surface area contributed by atoms with Crippen LogP contribution in [0.4, 0.5) is 5.69 Å². The number of hydrogen-bond donors (Lipinski definition) is 1. The van der Waals surface area contributed by atoms with Crippen LogP contribution < -0.4 is 19.7 Å². The molecule has 0 spiro atoms. The Hall–Kier alpha value is -4.28. The number of anilines is 1. The van der Waals surface area contributed by atoms with E-state index in [2.05, 4.69) is 126 Å². The van der Waals surface area contributed by atoms with E-state index in [0.717, 1.165) is 37.4 Å². The second kappa shape index (κ2) is 13.2. The number of hydrogen-bond acceptors (Lipinski definition) is 4. The second-order valence-electron chi connectivity index (χ2n) is 12.3. The normalized spacial score (nSPS) is 18.9. The van der Waals surface area contributed by atoms with E-state index in [1.54, 1.807) is 0 Å². The van der Waals surface area contributed by atoms with Gasteiger partial charge in [-0.2, -0.15) is 0 Å². The van der Waals surface area contributed by atoms with Crippen molar-refractivity contribution in [1.82, 2.24) is 5.32 Å². The van der Waals surface area contributed by atoms with Crippen LogP contribution in [0.25, 0.3) is 10.8 Å². The zero-order chi connectivity index (χ0) is 29.7. The van der Waals surface area contributed by atoms with E-state index in [-0.39, 0.29) is 12.1 Å². The maximum atomic E-state index is 6.37. The van der Waals surface area contributed by atoms with Gasteiger partial charge in [-0.1, -0.05) is 91.3 Å². The van der Waals surface area contributed by atoms with E-state index in [9.17, 15) is 0 Å². The van der Waals surface area contributed by atoms with Crippen LogP contribution in [0.3, 0.4) is 0 Å². The van der Waals surface area contributed by atoms with Crippen molar-refractivity contribution in [1.29, 1.82) is 0 Å². The summed E-state index contributed by atoms with van der Waals surface area (Å²) >= 11 is 0. The van der Waals surface area contributed by atoms with Gasteiger partial charge in [0, 0.05) is 23.7 Å². The summed E-state index contributed by atoms with van der Waals surface area (Å²) < 4.78 is 12.6. The third-order valence-electron chi connectivity index (χ3n) is 9.39. The largest absolute Gasteiger partial charge is 0.489 e. The van der Waals surface area contributed by atoms with Gasteiger partial charge >= 0.3 is 0 Å². The SMILES string of the molecule is CC(Oc1ccc(CC2c3ccc(OCc4ccccc4)cc3CCN2c2cccc3ccccc23)cc1)C1CCCCN1. The molecule has 0 aromatic heterocycles. The first-order chi connectivity index (χ1) is 21.7. The van der Waals surface area contributed by atoms with E-state index in [1.807, 2.05) is 6.07 Å². The molecule has 1 saturated heterocycles. The fraction of sp³-hybridized carbons (Fsp3) is 0.300. The molecule has 2 aliphatic heterocycles. The lowest BCUT2D eigenvalue weighted by Gasteiger charge is -2.40. The van der Waals surface area contributed by atoms with Gasteiger partial charge in [0.15, 0.2) is 0 Å². The number of piperidine rings is 1. The molecule has 3 atom stereocenters. The third-order valence-corrected chi connectivity index (χ3v) is 9.39. The summed E-state index contributed by atoms with van der Waals surface area (Å²) in [6.45, 7) is 4.82. The minimum atomic E-state index is 0.159. The molecule has 1 fully saturated rings. The van der Waals surface area contributed by atoms with Crippen LogP contribution >= 0.6 is 0 Å². The summed E-state index contributed by atoms with van der Waals surface area (Å²) in [4.78, 5) is 2.62. The van der Waals surface area contributed by atoms with Gasteiger partial charge < -0.3 is 19.7 Å². The molecule has 4 heteroatoms. The Labute approximate surface area is 261 Å². The van der Waals surface area contributed by atoms with Crippen molar-refractivity contribution in [3.63, 3.8) is 0 Å². The first kappa shape index (κ1) is 28.5. The van der Waals surface area contributed by atoms with Crippen LogP contribution in [-0.2, 0) is 19.4 Å². The Morgan fingerprint density at radius 3 is 2.43 bits per heavy atom. The van der Waals surface area contributed by atoms with Gasteiger partial charge in [-0.3, -0.25) is 0 Å². The highest BCUT2D eigenvalue weighted by molar-refractivity contribution is 5.94. The lowest BCUT2D eigenvalue weighted by molar-refractivity contribution is 0.152. The molecule has 0 radical (unpaired) electrons. The zero-order valence-electron chi connectivity index (χ0n) is 25.6. The molecule has 0 bridgehead atoms. The highest BCUT2D eigenvalue weighted by atomic mass is 16.5. The molecule has 44 heavy (non-hydrogen) atoms. The molecular weight excluding hydrogens is 540 g/mol. The molecule has 0 aliphatic carbocycles. The number of nitrogens with one attached hydrogen (secondary N) is 1. The van der Waals surface area contributed by atoms with Gasteiger partial charge in [0.1, 0.15) is 24.2 Å². The highest BCUT2D eigenvalue weighted by Gasteiger charge is 2.29. The van der Waals surface area contributed by atoms with Crippen molar-refractivity contribution in [3.05, 3.63) is 138 Å². The van der Waals surface area contributed by atoms with Crippen LogP contribution in [0.1, 0.15) is 54.5 Å². The predicted octanol–water partition coefficient (Wildman–Crippen LogP) is 8.67. The monoisotopic (exact) mass is 582 g/mol. The van der Waals surface area contributed by atoms with Crippen LogP contribution in [-0.4, -0.2) is 25.2 Å². The molecule has 7 rings (SSSR count). The Morgan fingerprint density at radius 1 is 0.795 bits per heavy atom. The number of benzene rings is 5. The minimum Gasteiger partial charge on any atom is -0.489 e. The van der Waals surface area contributed by atoms with Crippen LogP contribution in [0, 0.1) is 0 Å². The van der Waals surface area contributed by atoms with Crippen molar-refractivity contribution in [3.8, 4) is 11.5 Å². The molecule has 3 unspecified atom stereocenters. The van der Waals surface area contributed by atoms with Gasteiger partial charge in [-0.15, -0.1) is 0 Å². The van der Waals surface area contributed by atoms with Gasteiger partial charge in [0.2, 0.25) is 0 Å². The van der Waals surface area contributed by atoms with E-state index in [1.165, 1.54) is 58.0 Å². The highest BCUT2D eigenvalue weighted by Crippen LogP contribution is 2.40. The van der Waals surface area contributed by atoms with Crippen molar-refractivity contribution in [2.75, 3.05) is 18.0 Å². The lowest BCUT2D eigenvalue weighted by atomic mass is 9.87. The van der Waals surface area contributed by atoms with Crippen LogP contribution in [0.2, 0.25) is 0 Å². The molecule has 2 aliphatic rings. The Morgan fingerprint density at radius 2 is 1.59 bits per heavy atom. The average molecular weight is 583 g/mol. The number of rotatable bonds is 9. The summed E-state index contributed by atoms with van der Waals surface area (Å²) in [7, 11) is 0. The molecule has 2 heterocycles. The fourth-order valence-electron chi connectivity index (χ4n) is 6.99. The maximum Gasteiger partial charge on any atom is 0.120 e. The van der Waals surface area contributed by atoms with E-state index in [0.29, 0.717) is 12.6 Å². The van der Waals surface area contributed by atoms with Crippen molar-refractivity contribution in [2.45, 2.75) is 63.8 Å². The second-order valence-corrected chi connectivity index (χ2v) is 12.3. The topological polar surface area (TPSA) is 33.7 Å². The number of nitrogens with zero attached hydrogens (tertiary/aromatic N) is 1. The minimum absolute atomic E-state index is 0.159. The molecule has 4 nitrogen and oxygen atoms in total. The smallest absolute Gasteiger partial charge is 0.120 e. The number of ether oxygens (including phenoxy) is 2. The zero-order valence-corrected chi connectivity index (χ0v) is 25.6. The van der Waals surface area contributed by atoms with E-state index >= 15 is 0 Å². The molecular formula is C40H42N2O2. The van der Waals surface area contributed by atoms with Crippen LogP contribution in [0.5, 0.6) is 11.5 Å². The molecule has 224 valence electrons. The maximum absolute atomic E-state index is 6.37. The van der Waals surface area contributed by atoms with Gasteiger partial charge in [0.05, 0.1) is 6.04 Å². The number of fused-ring (bicyclic) bond motifs is 2. The molecule has 5 aromatic carbocycles. The summed E-state index contributed by atoms with van der Waals surface area (Å²) in [5.41, 5.74) is 6.56.